The van der Waals surface area contributed by atoms with Gasteiger partial charge in [0.15, 0.2) is 17.2 Å². The van der Waals surface area contributed by atoms with Gasteiger partial charge in [-0.2, -0.15) is 0 Å². The van der Waals surface area contributed by atoms with Crippen molar-refractivity contribution >= 4 is 17.6 Å². The van der Waals surface area contributed by atoms with Gasteiger partial charge in [0, 0.05) is 49.4 Å². The zero-order valence-corrected chi connectivity index (χ0v) is 17.8. The molecule has 2 bridgehead atoms. The molecule has 1 N–H and O–H groups in total. The van der Waals surface area contributed by atoms with Gasteiger partial charge in [0.2, 0.25) is 5.43 Å². The number of halogens is 3. The van der Waals surface area contributed by atoms with Gasteiger partial charge in [-0.05, 0) is 13.3 Å². The molecule has 1 fully saturated rings. The summed E-state index contributed by atoms with van der Waals surface area (Å²) in [4.78, 5) is 53.0. The Hall–Kier alpha value is -3.63. The van der Waals surface area contributed by atoms with Gasteiger partial charge in [-0.15, -0.1) is 0 Å². The maximum absolute atomic E-state index is 13.9. The van der Waals surface area contributed by atoms with Gasteiger partial charge in [-0.1, -0.05) is 0 Å². The highest BCUT2D eigenvalue weighted by Gasteiger charge is 2.42. The minimum atomic E-state index is -1.20. The van der Waals surface area contributed by atoms with E-state index in [0.29, 0.717) is 18.6 Å². The lowest BCUT2D eigenvalue weighted by atomic mass is 10.0. The fourth-order valence-corrected chi connectivity index (χ4v) is 4.22. The largest absolute Gasteiger partial charge is 0.491 e. The Kier molecular flexibility index (Phi) is 5.73. The van der Waals surface area contributed by atoms with Crippen molar-refractivity contribution in [1.29, 1.82) is 0 Å². The molecule has 4 rings (SSSR count). The molecule has 174 valence electrons. The number of ketones is 1. The Morgan fingerprint density at radius 3 is 2.48 bits per heavy atom. The van der Waals surface area contributed by atoms with Crippen LogP contribution in [-0.4, -0.2) is 46.8 Å². The predicted octanol–water partition coefficient (Wildman–Crippen LogP) is 1.95. The van der Waals surface area contributed by atoms with E-state index in [4.69, 9.17) is 4.74 Å². The number of carbonyl (C=O) groups is 3. The molecule has 0 saturated carbocycles. The van der Waals surface area contributed by atoms with Crippen molar-refractivity contribution in [3.63, 3.8) is 0 Å². The van der Waals surface area contributed by atoms with Gasteiger partial charge in [-0.25, -0.2) is 13.2 Å². The van der Waals surface area contributed by atoms with Crippen LogP contribution in [0.3, 0.4) is 0 Å². The van der Waals surface area contributed by atoms with Gasteiger partial charge in [0.05, 0.1) is 7.11 Å². The second-order valence-electron chi connectivity index (χ2n) is 8.02. The molecular formula is C22H20F3N3O5. The Bertz CT molecular complexity index is 1220. The minimum Gasteiger partial charge on any atom is -0.491 e. The van der Waals surface area contributed by atoms with Crippen molar-refractivity contribution in [1.82, 2.24) is 14.8 Å². The minimum absolute atomic E-state index is 0.0882. The van der Waals surface area contributed by atoms with Crippen LogP contribution in [-0.2, 0) is 11.3 Å². The Labute approximate surface area is 185 Å². The molecule has 33 heavy (non-hydrogen) atoms. The van der Waals surface area contributed by atoms with Crippen LogP contribution in [0.25, 0.3) is 0 Å². The summed E-state index contributed by atoms with van der Waals surface area (Å²) in [6.45, 7) is 1.24. The number of Topliss-reactive ketones (excluding diaryl/α,β-unsaturated/α-hetero) is 1. The number of pyridine rings is 1. The molecule has 0 aliphatic carbocycles. The molecule has 2 amide bonds. The zero-order chi connectivity index (χ0) is 24.0. The molecule has 0 spiro atoms. The average molecular weight is 463 g/mol. The summed E-state index contributed by atoms with van der Waals surface area (Å²) in [7, 11) is 1.16. The summed E-state index contributed by atoms with van der Waals surface area (Å²) in [6.07, 6.45) is 1.78. The summed E-state index contributed by atoms with van der Waals surface area (Å²) < 4.78 is 47.3. The van der Waals surface area contributed by atoms with Crippen LogP contribution >= 0.6 is 0 Å². The van der Waals surface area contributed by atoms with Gasteiger partial charge >= 0.3 is 0 Å². The quantitative estimate of drug-likeness (QED) is 0.748. The first-order chi connectivity index (χ1) is 15.6. The van der Waals surface area contributed by atoms with Crippen LogP contribution < -0.4 is 15.5 Å². The summed E-state index contributed by atoms with van der Waals surface area (Å²) in [5.41, 5.74) is -2.10. The Morgan fingerprint density at radius 1 is 1.18 bits per heavy atom. The number of carbonyl (C=O) groups excluding carboxylic acids is 3. The third kappa shape index (κ3) is 3.77. The van der Waals surface area contributed by atoms with E-state index in [1.807, 2.05) is 6.92 Å². The number of methoxy groups -OCH3 is 1. The summed E-state index contributed by atoms with van der Waals surface area (Å²) in [5, 5.41) is 2.22. The smallest absolute Gasteiger partial charge is 0.274 e. The van der Waals surface area contributed by atoms with Gasteiger partial charge in [0.25, 0.3) is 11.8 Å². The number of nitrogens with zero attached hydrogens (tertiary/aromatic N) is 2. The van der Waals surface area contributed by atoms with Gasteiger partial charge < -0.3 is 19.5 Å². The van der Waals surface area contributed by atoms with Crippen molar-refractivity contribution in [2.75, 3.05) is 13.7 Å². The number of hydrogen-bond acceptors (Lipinski definition) is 5. The normalized spacial score (nSPS) is 19.7. The summed E-state index contributed by atoms with van der Waals surface area (Å²) >= 11 is 0. The molecule has 0 radical (unpaired) electrons. The highest BCUT2D eigenvalue weighted by atomic mass is 19.1. The number of aromatic nitrogens is 1. The van der Waals surface area contributed by atoms with E-state index in [-0.39, 0.29) is 30.5 Å². The molecule has 3 heterocycles. The number of nitrogens with one attached hydrogen (secondary N) is 1. The van der Waals surface area contributed by atoms with E-state index in [1.54, 1.807) is 0 Å². The average Bonchev–Trinajstić information content (AvgIpc) is 2.88. The van der Waals surface area contributed by atoms with E-state index >= 15 is 0 Å². The number of benzene rings is 1. The monoisotopic (exact) mass is 463 g/mol. The maximum atomic E-state index is 13.9. The molecule has 1 saturated heterocycles. The molecule has 8 nitrogen and oxygen atoms in total. The van der Waals surface area contributed by atoms with Crippen molar-refractivity contribution in [3.05, 3.63) is 62.8 Å². The molecular weight excluding hydrogens is 443 g/mol. The number of fused-ring (bicyclic) bond motifs is 4. The number of ether oxygens (including phenoxy) is 1. The molecule has 2 atom stereocenters. The molecule has 1 aromatic heterocycles. The molecule has 11 heteroatoms. The van der Waals surface area contributed by atoms with E-state index < -0.39 is 64.2 Å². The number of hydrogen-bond donors (Lipinski definition) is 1. The number of amides is 2. The zero-order valence-electron chi connectivity index (χ0n) is 17.8. The standard InChI is InChI=1S/C22H20F3N3O5/c1-10-3-4-17(29)16-9-27(10)22(32)18-20(33-2)19(30)13(8-28(16)18)21(31)26-7-12-14(24)5-11(23)6-15(12)25/h5-6,8,10,16H,3-4,7,9H2,1-2H3,(H,26,31)/t10-,16+/m0/s1. The first kappa shape index (κ1) is 22.6. The molecule has 1 aromatic carbocycles. The van der Waals surface area contributed by atoms with Crippen molar-refractivity contribution in [3.8, 4) is 5.75 Å². The highest BCUT2D eigenvalue weighted by Crippen LogP contribution is 2.32. The van der Waals surface area contributed by atoms with Crippen molar-refractivity contribution in [2.45, 2.75) is 38.4 Å². The fourth-order valence-electron chi connectivity index (χ4n) is 4.22. The van der Waals surface area contributed by atoms with Crippen LogP contribution in [0.2, 0.25) is 0 Å². The first-order valence-electron chi connectivity index (χ1n) is 10.2. The maximum Gasteiger partial charge on any atom is 0.274 e. The second kappa shape index (κ2) is 8.38. The third-order valence-electron chi connectivity index (χ3n) is 6.05. The topological polar surface area (TPSA) is 97.7 Å². The van der Waals surface area contributed by atoms with Crippen LogP contribution in [0.5, 0.6) is 5.75 Å². The lowest BCUT2D eigenvalue weighted by Gasteiger charge is -2.36. The van der Waals surface area contributed by atoms with E-state index in [0.717, 1.165) is 13.3 Å². The van der Waals surface area contributed by atoms with Crippen LogP contribution in [0, 0.1) is 17.5 Å². The van der Waals surface area contributed by atoms with Gasteiger partial charge in [-0.3, -0.25) is 19.2 Å². The predicted molar refractivity (Wildman–Crippen MR) is 109 cm³/mol. The van der Waals surface area contributed by atoms with Crippen LogP contribution in [0.15, 0.2) is 23.1 Å². The third-order valence-corrected chi connectivity index (χ3v) is 6.05. The second-order valence-corrected chi connectivity index (χ2v) is 8.02. The van der Waals surface area contributed by atoms with E-state index in [9.17, 15) is 32.3 Å². The first-order valence-corrected chi connectivity index (χ1v) is 10.2. The lowest BCUT2D eigenvalue weighted by molar-refractivity contribution is -0.122. The van der Waals surface area contributed by atoms with Crippen LogP contribution in [0.4, 0.5) is 13.2 Å². The lowest BCUT2D eigenvalue weighted by Crippen LogP contribution is -2.48. The summed E-state index contributed by atoms with van der Waals surface area (Å²) in [5.74, 6) is -5.56. The Balaban J connectivity index is 1.74. The Morgan fingerprint density at radius 2 is 1.85 bits per heavy atom. The van der Waals surface area contributed by atoms with E-state index in [2.05, 4.69) is 5.32 Å². The molecule has 2 aliphatic heterocycles. The van der Waals surface area contributed by atoms with Crippen LogP contribution in [0.1, 0.15) is 52.2 Å². The van der Waals surface area contributed by atoms with E-state index in [1.165, 1.54) is 9.47 Å². The summed E-state index contributed by atoms with van der Waals surface area (Å²) in [6, 6.07) is -0.0893. The SMILES string of the molecule is COc1c2n(cc(C(=O)NCc3c(F)cc(F)cc3F)c1=O)[C@@H]1CN(C2=O)[C@@H](C)CCC1=O. The molecule has 0 unspecified atom stereocenters. The highest BCUT2D eigenvalue weighted by molar-refractivity contribution is 6.01. The van der Waals surface area contributed by atoms with Crippen molar-refractivity contribution < 1.29 is 32.3 Å². The molecule has 2 aliphatic rings. The fraction of sp³-hybridized carbons (Fsp3) is 0.364. The number of rotatable bonds is 4. The van der Waals surface area contributed by atoms with Gasteiger partial charge in [0.1, 0.15) is 29.1 Å². The molecule has 2 aromatic rings. The van der Waals surface area contributed by atoms with Crippen molar-refractivity contribution in [2.24, 2.45) is 0 Å².